The quantitative estimate of drug-likeness (QED) is 0.927. The van der Waals surface area contributed by atoms with E-state index < -0.39 is 0 Å². The van der Waals surface area contributed by atoms with Gasteiger partial charge in [-0.15, -0.1) is 0 Å². The third-order valence-electron chi connectivity index (χ3n) is 1.85. The van der Waals surface area contributed by atoms with Crippen LogP contribution in [-0.4, -0.2) is 26.0 Å². The van der Waals surface area contributed by atoms with Crippen LogP contribution in [0.1, 0.15) is 13.8 Å². The van der Waals surface area contributed by atoms with E-state index in [9.17, 15) is 0 Å². The number of rotatable bonds is 4. The van der Waals surface area contributed by atoms with Gasteiger partial charge in [-0.2, -0.15) is 15.0 Å². The summed E-state index contributed by atoms with van der Waals surface area (Å²) in [6, 6.07) is 3.72. The van der Waals surface area contributed by atoms with Gasteiger partial charge in [0.15, 0.2) is 0 Å². The number of pyridine rings is 1. The average Bonchev–Trinajstić information content (AvgIpc) is 2.30. The van der Waals surface area contributed by atoms with Crippen molar-refractivity contribution in [2.24, 2.45) is 0 Å². The Hall–Kier alpha value is -1.60. The largest absolute Gasteiger partial charge is 0.461 e. The summed E-state index contributed by atoms with van der Waals surface area (Å²) >= 11 is 7.03. The van der Waals surface area contributed by atoms with Gasteiger partial charge in [0.25, 0.3) is 0 Å². The molecule has 2 aromatic rings. The summed E-state index contributed by atoms with van der Waals surface area (Å²) in [5.41, 5.74) is 5.62. The molecule has 6 nitrogen and oxygen atoms in total. The van der Waals surface area contributed by atoms with Gasteiger partial charge in [-0.1, -0.05) is 11.6 Å². The summed E-state index contributed by atoms with van der Waals surface area (Å²) in [5.74, 6) is 0.113. The Labute approximate surface area is 119 Å². The lowest BCUT2D eigenvalue weighted by Crippen LogP contribution is -2.10. The van der Waals surface area contributed by atoms with Gasteiger partial charge in [0.2, 0.25) is 11.1 Å². The van der Waals surface area contributed by atoms with Crippen molar-refractivity contribution in [2.45, 2.75) is 30.1 Å². The molecule has 2 heterocycles. The van der Waals surface area contributed by atoms with Crippen molar-refractivity contribution in [2.75, 3.05) is 5.73 Å². The average molecular weight is 298 g/mol. The highest BCUT2D eigenvalue weighted by atomic mass is 35.5. The van der Waals surface area contributed by atoms with Crippen LogP contribution in [0.15, 0.2) is 28.5 Å². The summed E-state index contributed by atoms with van der Waals surface area (Å²) in [6.45, 7) is 3.76. The van der Waals surface area contributed by atoms with E-state index in [1.165, 1.54) is 11.8 Å². The minimum atomic E-state index is -0.0340. The fraction of sp³-hybridized carbons (Fsp3) is 0.273. The van der Waals surface area contributed by atoms with Crippen LogP contribution in [-0.2, 0) is 0 Å². The van der Waals surface area contributed by atoms with E-state index in [2.05, 4.69) is 19.9 Å². The molecular formula is C11H12ClN5OS. The van der Waals surface area contributed by atoms with Crippen LogP contribution >= 0.6 is 23.4 Å². The predicted molar refractivity (Wildman–Crippen MR) is 73.4 cm³/mol. The van der Waals surface area contributed by atoms with Gasteiger partial charge < -0.3 is 10.5 Å². The molecule has 0 spiro atoms. The first kappa shape index (κ1) is 13.8. The van der Waals surface area contributed by atoms with Gasteiger partial charge in [-0.25, -0.2) is 4.98 Å². The lowest BCUT2D eigenvalue weighted by Gasteiger charge is -2.08. The van der Waals surface area contributed by atoms with E-state index in [0.29, 0.717) is 15.2 Å². The van der Waals surface area contributed by atoms with Crippen molar-refractivity contribution in [3.63, 3.8) is 0 Å². The predicted octanol–water partition coefficient (Wildman–Crippen LogP) is 2.44. The monoisotopic (exact) mass is 297 g/mol. The van der Waals surface area contributed by atoms with Crippen molar-refractivity contribution >= 4 is 29.3 Å². The Morgan fingerprint density at radius 3 is 2.68 bits per heavy atom. The third-order valence-corrected chi connectivity index (χ3v) is 2.89. The second-order valence-electron chi connectivity index (χ2n) is 3.84. The third kappa shape index (κ3) is 4.22. The smallest absolute Gasteiger partial charge is 0.322 e. The second-order valence-corrected chi connectivity index (χ2v) is 5.27. The number of aromatic nitrogens is 4. The number of anilines is 1. The number of halogens is 1. The molecule has 2 rings (SSSR count). The Morgan fingerprint density at radius 2 is 2.05 bits per heavy atom. The SMILES string of the molecule is CC(C)Oc1nc(N)nc(Sc2ccc(Cl)cn2)n1. The molecule has 0 atom stereocenters. The molecule has 0 aliphatic carbocycles. The Morgan fingerprint density at radius 1 is 1.26 bits per heavy atom. The van der Waals surface area contributed by atoms with E-state index in [-0.39, 0.29) is 18.1 Å². The van der Waals surface area contributed by atoms with Crippen LogP contribution in [0.25, 0.3) is 0 Å². The van der Waals surface area contributed by atoms with Gasteiger partial charge in [0.05, 0.1) is 11.1 Å². The molecule has 0 bridgehead atoms. The van der Waals surface area contributed by atoms with Crippen LogP contribution in [0.5, 0.6) is 6.01 Å². The zero-order chi connectivity index (χ0) is 13.8. The second kappa shape index (κ2) is 6.03. The van der Waals surface area contributed by atoms with E-state index in [0.717, 1.165) is 0 Å². The normalized spacial score (nSPS) is 10.7. The van der Waals surface area contributed by atoms with Crippen LogP contribution in [0, 0.1) is 0 Å². The number of ether oxygens (including phenoxy) is 1. The number of nitrogens with zero attached hydrogens (tertiary/aromatic N) is 4. The maximum absolute atomic E-state index is 5.77. The minimum Gasteiger partial charge on any atom is -0.461 e. The fourth-order valence-corrected chi connectivity index (χ4v) is 1.98. The van der Waals surface area contributed by atoms with Gasteiger partial charge in [-0.05, 0) is 37.7 Å². The molecule has 2 N–H and O–H groups in total. The maximum Gasteiger partial charge on any atom is 0.322 e. The first-order valence-electron chi connectivity index (χ1n) is 5.50. The van der Waals surface area contributed by atoms with E-state index in [1.807, 2.05) is 13.8 Å². The molecule has 2 aromatic heterocycles. The minimum absolute atomic E-state index is 0.0340. The molecule has 0 saturated carbocycles. The molecule has 0 aliphatic heterocycles. The van der Waals surface area contributed by atoms with Crippen LogP contribution in [0.3, 0.4) is 0 Å². The van der Waals surface area contributed by atoms with Crippen molar-refractivity contribution in [1.29, 1.82) is 0 Å². The standard InChI is InChI=1S/C11H12ClN5OS/c1-6(2)18-10-15-9(13)16-11(17-10)19-8-4-3-7(12)5-14-8/h3-6H,1-2H3,(H2,13,15,16,17). The van der Waals surface area contributed by atoms with Crippen LogP contribution < -0.4 is 10.5 Å². The van der Waals surface area contributed by atoms with E-state index >= 15 is 0 Å². The summed E-state index contributed by atoms with van der Waals surface area (Å²) in [7, 11) is 0. The maximum atomic E-state index is 5.77. The Balaban J connectivity index is 2.19. The van der Waals surface area contributed by atoms with Crippen molar-refractivity contribution in [3.8, 4) is 6.01 Å². The summed E-state index contributed by atoms with van der Waals surface area (Å²) in [5, 5.41) is 1.71. The molecule has 19 heavy (non-hydrogen) atoms. The highest BCUT2D eigenvalue weighted by molar-refractivity contribution is 7.99. The number of nitrogen functional groups attached to an aromatic ring is 1. The molecule has 0 aromatic carbocycles. The summed E-state index contributed by atoms with van der Waals surface area (Å²) in [4.78, 5) is 16.2. The molecule has 8 heteroatoms. The molecular weight excluding hydrogens is 286 g/mol. The molecule has 0 radical (unpaired) electrons. The van der Waals surface area contributed by atoms with Gasteiger partial charge >= 0.3 is 6.01 Å². The molecule has 0 unspecified atom stereocenters. The molecule has 100 valence electrons. The molecule has 0 fully saturated rings. The van der Waals surface area contributed by atoms with Crippen molar-refractivity contribution in [1.82, 2.24) is 19.9 Å². The number of hydrogen-bond acceptors (Lipinski definition) is 7. The Bertz CT molecular complexity index is 564. The van der Waals surface area contributed by atoms with Gasteiger partial charge in [0.1, 0.15) is 5.03 Å². The fourth-order valence-electron chi connectivity index (χ4n) is 1.18. The van der Waals surface area contributed by atoms with Crippen molar-refractivity contribution < 1.29 is 4.74 Å². The zero-order valence-corrected chi connectivity index (χ0v) is 11.9. The summed E-state index contributed by atoms with van der Waals surface area (Å²) in [6.07, 6.45) is 1.52. The van der Waals surface area contributed by atoms with Gasteiger partial charge in [0, 0.05) is 6.20 Å². The zero-order valence-electron chi connectivity index (χ0n) is 10.4. The lowest BCUT2D eigenvalue weighted by molar-refractivity contribution is 0.219. The topological polar surface area (TPSA) is 86.8 Å². The number of hydrogen-bond donors (Lipinski definition) is 1. The van der Waals surface area contributed by atoms with Crippen molar-refractivity contribution in [3.05, 3.63) is 23.4 Å². The van der Waals surface area contributed by atoms with E-state index in [4.69, 9.17) is 22.1 Å². The Kier molecular flexibility index (Phi) is 4.39. The lowest BCUT2D eigenvalue weighted by atomic mass is 10.5. The first-order chi connectivity index (χ1) is 9.02. The summed E-state index contributed by atoms with van der Waals surface area (Å²) < 4.78 is 5.40. The number of nitrogens with two attached hydrogens (primary N) is 1. The highest BCUT2D eigenvalue weighted by Crippen LogP contribution is 2.25. The first-order valence-corrected chi connectivity index (χ1v) is 6.70. The molecule has 0 amide bonds. The van der Waals surface area contributed by atoms with Crippen LogP contribution in [0.4, 0.5) is 5.95 Å². The highest BCUT2D eigenvalue weighted by Gasteiger charge is 2.09. The van der Waals surface area contributed by atoms with Gasteiger partial charge in [-0.3, -0.25) is 0 Å². The molecule has 0 saturated heterocycles. The van der Waals surface area contributed by atoms with Crippen LogP contribution in [0.2, 0.25) is 5.02 Å². The molecule has 0 aliphatic rings. The van der Waals surface area contributed by atoms with E-state index in [1.54, 1.807) is 18.3 Å².